The molecule has 0 aromatic carbocycles. The molecule has 3 aromatic rings. The van der Waals surface area contributed by atoms with Crippen molar-refractivity contribution in [3.05, 3.63) is 42.1 Å². The molecule has 0 amide bonds. The summed E-state index contributed by atoms with van der Waals surface area (Å²) in [6.45, 7) is 1.90. The highest BCUT2D eigenvalue weighted by molar-refractivity contribution is 5.53. The van der Waals surface area contributed by atoms with E-state index in [2.05, 4.69) is 20.2 Å². The molecule has 6 nitrogen and oxygen atoms in total. The van der Waals surface area contributed by atoms with E-state index in [1.807, 2.05) is 25.1 Å². The van der Waals surface area contributed by atoms with Crippen LogP contribution in [0, 0.1) is 6.92 Å². The number of rotatable bonds is 2. The van der Waals surface area contributed by atoms with E-state index in [1.54, 1.807) is 18.2 Å². The normalized spacial score (nSPS) is 10.6. The van der Waals surface area contributed by atoms with Gasteiger partial charge in [0, 0.05) is 5.69 Å². The maximum absolute atomic E-state index is 5.62. The van der Waals surface area contributed by atoms with Crippen molar-refractivity contribution in [2.75, 3.05) is 5.73 Å². The van der Waals surface area contributed by atoms with Gasteiger partial charge >= 0.3 is 0 Å². The van der Waals surface area contributed by atoms with Gasteiger partial charge in [0.05, 0.1) is 0 Å². The Balaban J connectivity index is 2.00. The summed E-state index contributed by atoms with van der Waals surface area (Å²) in [5.74, 6) is 1.10. The smallest absolute Gasteiger partial charge is 0.266 e. The molecule has 0 saturated heterocycles. The summed E-state index contributed by atoms with van der Waals surface area (Å²) in [7, 11) is 0. The number of hydrogen-bond acceptors (Lipinski definition) is 6. The molecule has 94 valence electrons. The largest absolute Gasteiger partial charge is 0.413 e. The summed E-state index contributed by atoms with van der Waals surface area (Å²) in [6.07, 6.45) is 0. The van der Waals surface area contributed by atoms with Crippen LogP contribution in [-0.4, -0.2) is 20.2 Å². The third kappa shape index (κ3) is 2.28. The topological polar surface area (TPSA) is 90.7 Å². The minimum Gasteiger partial charge on any atom is -0.413 e. The maximum atomic E-state index is 5.62. The fourth-order valence-corrected chi connectivity index (χ4v) is 1.66. The first-order chi connectivity index (χ1) is 9.22. The molecule has 3 heterocycles. The van der Waals surface area contributed by atoms with Crippen LogP contribution in [0.1, 0.15) is 5.69 Å². The standard InChI is InChI=1S/C13H11N5O/c1-8-4-2-5-9(15-8)12-17-18-13(19-12)10-6-3-7-11(14)16-10/h2-7H,1H3,(H2,14,16). The third-order valence-corrected chi connectivity index (χ3v) is 2.52. The Bertz CT molecular complexity index is 662. The molecule has 0 spiro atoms. The van der Waals surface area contributed by atoms with Crippen LogP contribution < -0.4 is 5.73 Å². The number of nitrogens with two attached hydrogens (primary N) is 1. The molecule has 0 aliphatic carbocycles. The second-order valence-electron chi connectivity index (χ2n) is 4.02. The predicted molar refractivity (Wildman–Crippen MR) is 69.9 cm³/mol. The zero-order valence-electron chi connectivity index (χ0n) is 10.2. The van der Waals surface area contributed by atoms with E-state index in [9.17, 15) is 0 Å². The van der Waals surface area contributed by atoms with Crippen molar-refractivity contribution in [1.82, 2.24) is 20.2 Å². The molecule has 3 aromatic heterocycles. The van der Waals surface area contributed by atoms with Crippen molar-refractivity contribution in [3.63, 3.8) is 0 Å². The molecular formula is C13H11N5O. The number of aryl methyl sites for hydroxylation is 1. The molecule has 0 aliphatic rings. The summed E-state index contributed by atoms with van der Waals surface area (Å²) in [5, 5.41) is 7.93. The lowest BCUT2D eigenvalue weighted by Gasteiger charge is -1.96. The Hall–Kier alpha value is -2.76. The van der Waals surface area contributed by atoms with Crippen molar-refractivity contribution in [1.29, 1.82) is 0 Å². The number of nitrogens with zero attached hydrogens (tertiary/aromatic N) is 4. The molecule has 0 radical (unpaired) electrons. The van der Waals surface area contributed by atoms with Crippen LogP contribution >= 0.6 is 0 Å². The first-order valence-electron chi connectivity index (χ1n) is 5.73. The van der Waals surface area contributed by atoms with Crippen LogP contribution in [0.2, 0.25) is 0 Å². The van der Waals surface area contributed by atoms with E-state index in [1.165, 1.54) is 0 Å². The zero-order valence-corrected chi connectivity index (χ0v) is 10.2. The van der Waals surface area contributed by atoms with Crippen molar-refractivity contribution in [2.45, 2.75) is 6.92 Å². The van der Waals surface area contributed by atoms with Gasteiger partial charge in [-0.25, -0.2) is 9.97 Å². The van der Waals surface area contributed by atoms with Gasteiger partial charge in [-0.1, -0.05) is 12.1 Å². The molecule has 19 heavy (non-hydrogen) atoms. The number of pyridine rings is 2. The third-order valence-electron chi connectivity index (χ3n) is 2.52. The quantitative estimate of drug-likeness (QED) is 0.751. The van der Waals surface area contributed by atoms with E-state index >= 15 is 0 Å². The van der Waals surface area contributed by atoms with E-state index in [4.69, 9.17) is 10.2 Å². The van der Waals surface area contributed by atoms with E-state index < -0.39 is 0 Å². The molecule has 3 rings (SSSR count). The average Bonchev–Trinajstić information content (AvgIpc) is 2.88. The first kappa shape index (κ1) is 11.3. The van der Waals surface area contributed by atoms with Crippen LogP contribution in [0.4, 0.5) is 5.82 Å². The second kappa shape index (κ2) is 4.49. The van der Waals surface area contributed by atoms with Crippen LogP contribution in [0.25, 0.3) is 23.2 Å². The van der Waals surface area contributed by atoms with Gasteiger partial charge in [0.1, 0.15) is 17.2 Å². The van der Waals surface area contributed by atoms with Crippen LogP contribution in [0.5, 0.6) is 0 Å². The molecular weight excluding hydrogens is 242 g/mol. The van der Waals surface area contributed by atoms with Gasteiger partial charge in [0.15, 0.2) is 0 Å². The van der Waals surface area contributed by atoms with Gasteiger partial charge in [-0.3, -0.25) is 0 Å². The van der Waals surface area contributed by atoms with Crippen molar-refractivity contribution >= 4 is 5.82 Å². The summed E-state index contributed by atoms with van der Waals surface area (Å²) in [4.78, 5) is 8.46. The minimum atomic E-state index is 0.325. The Kier molecular flexibility index (Phi) is 2.68. The van der Waals surface area contributed by atoms with E-state index in [0.717, 1.165) is 5.69 Å². The molecule has 2 N–H and O–H groups in total. The summed E-state index contributed by atoms with van der Waals surface area (Å²) in [6, 6.07) is 10.9. The van der Waals surface area contributed by atoms with Gasteiger partial charge < -0.3 is 10.2 Å². The lowest BCUT2D eigenvalue weighted by Crippen LogP contribution is -1.91. The maximum Gasteiger partial charge on any atom is 0.266 e. The van der Waals surface area contributed by atoms with E-state index in [-0.39, 0.29) is 0 Å². The van der Waals surface area contributed by atoms with Crippen LogP contribution in [0.3, 0.4) is 0 Å². The van der Waals surface area contributed by atoms with Crippen molar-refractivity contribution < 1.29 is 4.42 Å². The summed E-state index contributed by atoms with van der Waals surface area (Å²) >= 11 is 0. The number of hydrogen-bond donors (Lipinski definition) is 1. The Morgan fingerprint density at radius 2 is 1.53 bits per heavy atom. The van der Waals surface area contributed by atoms with Gasteiger partial charge in [0.25, 0.3) is 11.8 Å². The van der Waals surface area contributed by atoms with Crippen molar-refractivity contribution in [3.8, 4) is 23.2 Å². The first-order valence-corrected chi connectivity index (χ1v) is 5.73. The molecule has 0 unspecified atom stereocenters. The lowest BCUT2D eigenvalue weighted by molar-refractivity contribution is 0.579. The van der Waals surface area contributed by atoms with Crippen LogP contribution in [0.15, 0.2) is 40.8 Å². The van der Waals surface area contributed by atoms with Crippen LogP contribution in [-0.2, 0) is 0 Å². The molecule has 0 aliphatic heterocycles. The Labute approximate surface area is 109 Å². The molecule has 6 heteroatoms. The van der Waals surface area contributed by atoms with Gasteiger partial charge in [-0.05, 0) is 31.2 Å². The molecule has 0 saturated carbocycles. The SMILES string of the molecule is Cc1cccc(-c2nnc(-c3cccc(N)n3)o2)n1. The number of anilines is 1. The molecule has 0 fully saturated rings. The fraction of sp³-hybridized carbons (Fsp3) is 0.0769. The second-order valence-corrected chi connectivity index (χ2v) is 4.02. The molecule has 0 bridgehead atoms. The highest BCUT2D eigenvalue weighted by Gasteiger charge is 2.12. The fourth-order valence-electron chi connectivity index (χ4n) is 1.66. The monoisotopic (exact) mass is 253 g/mol. The van der Waals surface area contributed by atoms with Gasteiger partial charge in [-0.2, -0.15) is 0 Å². The van der Waals surface area contributed by atoms with Crippen molar-refractivity contribution in [2.24, 2.45) is 0 Å². The molecule has 0 atom stereocenters. The minimum absolute atomic E-state index is 0.325. The van der Waals surface area contributed by atoms with Gasteiger partial charge in [-0.15, -0.1) is 10.2 Å². The van der Waals surface area contributed by atoms with E-state index in [0.29, 0.717) is 29.0 Å². The van der Waals surface area contributed by atoms with Gasteiger partial charge in [0.2, 0.25) is 0 Å². The summed E-state index contributed by atoms with van der Waals surface area (Å²) in [5.41, 5.74) is 7.70. The number of aromatic nitrogens is 4. The number of nitrogen functional groups attached to an aromatic ring is 1. The zero-order chi connectivity index (χ0) is 13.2. The highest BCUT2D eigenvalue weighted by Crippen LogP contribution is 2.21. The predicted octanol–water partition coefficient (Wildman–Crippen LogP) is 2.08. The Morgan fingerprint density at radius 1 is 0.895 bits per heavy atom. The Morgan fingerprint density at radius 3 is 2.16 bits per heavy atom. The average molecular weight is 253 g/mol. The summed E-state index contributed by atoms with van der Waals surface area (Å²) < 4.78 is 5.56. The highest BCUT2D eigenvalue weighted by atomic mass is 16.4. The lowest BCUT2D eigenvalue weighted by atomic mass is 10.3.